The summed E-state index contributed by atoms with van der Waals surface area (Å²) >= 11 is 0. The Bertz CT molecular complexity index is 940. The van der Waals surface area contributed by atoms with Crippen LogP contribution in [0.15, 0.2) is 47.4 Å². The first-order chi connectivity index (χ1) is 13.9. The standard InChI is InChI=1S/C21H28N2O5S/c1-5-23(6-2)21(24)16-10-9-11-17(14-16)22-29(25,26)18-12-13-19(27-7-3)20(15-18)28-8-4/h9-15,22H,5-8H2,1-4H3. The van der Waals surface area contributed by atoms with Crippen LogP contribution in [-0.2, 0) is 10.0 Å². The molecule has 2 aromatic carbocycles. The molecule has 0 radical (unpaired) electrons. The minimum absolute atomic E-state index is 0.0462. The zero-order chi connectivity index (χ0) is 21.4. The van der Waals surface area contributed by atoms with E-state index in [0.717, 1.165) is 0 Å². The van der Waals surface area contributed by atoms with E-state index in [9.17, 15) is 13.2 Å². The van der Waals surface area contributed by atoms with E-state index in [1.807, 2.05) is 27.7 Å². The molecule has 0 heterocycles. The lowest BCUT2D eigenvalue weighted by molar-refractivity contribution is 0.0773. The lowest BCUT2D eigenvalue weighted by atomic mass is 10.2. The van der Waals surface area contributed by atoms with E-state index in [2.05, 4.69) is 4.72 Å². The quantitative estimate of drug-likeness (QED) is 0.632. The molecule has 0 bridgehead atoms. The second-order valence-electron chi connectivity index (χ2n) is 6.14. The normalized spacial score (nSPS) is 11.0. The number of amides is 1. The highest BCUT2D eigenvalue weighted by atomic mass is 32.2. The van der Waals surface area contributed by atoms with Crippen LogP contribution in [0.4, 0.5) is 5.69 Å². The molecule has 1 amide bonds. The van der Waals surface area contributed by atoms with Crippen LogP contribution in [0.2, 0.25) is 0 Å². The van der Waals surface area contributed by atoms with Crippen LogP contribution in [0.5, 0.6) is 11.5 Å². The molecule has 2 aromatic rings. The van der Waals surface area contributed by atoms with Crippen molar-refractivity contribution in [3.05, 3.63) is 48.0 Å². The summed E-state index contributed by atoms with van der Waals surface area (Å²) in [5.41, 5.74) is 0.741. The van der Waals surface area contributed by atoms with Gasteiger partial charge in [0.2, 0.25) is 0 Å². The molecule has 0 saturated carbocycles. The van der Waals surface area contributed by atoms with Crippen LogP contribution in [0.3, 0.4) is 0 Å². The van der Waals surface area contributed by atoms with Crippen LogP contribution in [0.25, 0.3) is 0 Å². The molecular weight excluding hydrogens is 392 g/mol. The van der Waals surface area contributed by atoms with E-state index < -0.39 is 10.0 Å². The first kappa shape index (κ1) is 22.5. The number of hydrogen-bond donors (Lipinski definition) is 1. The number of benzene rings is 2. The van der Waals surface area contributed by atoms with Crippen LogP contribution in [-0.4, -0.2) is 45.5 Å². The largest absolute Gasteiger partial charge is 0.490 e. The maximum absolute atomic E-state index is 12.9. The Morgan fingerprint density at radius 1 is 0.931 bits per heavy atom. The fraction of sp³-hybridized carbons (Fsp3) is 0.381. The van der Waals surface area contributed by atoms with Crippen molar-refractivity contribution in [2.75, 3.05) is 31.0 Å². The van der Waals surface area contributed by atoms with Gasteiger partial charge in [0.05, 0.1) is 18.1 Å². The highest BCUT2D eigenvalue weighted by Gasteiger charge is 2.19. The molecule has 0 atom stereocenters. The predicted octanol–water partition coefficient (Wildman–Crippen LogP) is 3.77. The van der Waals surface area contributed by atoms with Gasteiger partial charge in [0.25, 0.3) is 15.9 Å². The number of carbonyl (C=O) groups is 1. The molecule has 0 saturated heterocycles. The zero-order valence-electron chi connectivity index (χ0n) is 17.3. The monoisotopic (exact) mass is 420 g/mol. The van der Waals surface area contributed by atoms with Crippen molar-refractivity contribution in [3.63, 3.8) is 0 Å². The third-order valence-electron chi connectivity index (χ3n) is 4.24. The molecule has 158 valence electrons. The SMILES string of the molecule is CCOc1ccc(S(=O)(=O)Nc2cccc(C(=O)N(CC)CC)c2)cc1OCC. The average Bonchev–Trinajstić information content (AvgIpc) is 2.70. The van der Waals surface area contributed by atoms with Crippen molar-refractivity contribution in [2.45, 2.75) is 32.6 Å². The number of anilines is 1. The lowest BCUT2D eigenvalue weighted by Crippen LogP contribution is -2.30. The van der Waals surface area contributed by atoms with Crippen molar-refractivity contribution in [3.8, 4) is 11.5 Å². The molecule has 0 aliphatic carbocycles. The van der Waals surface area contributed by atoms with Crippen LogP contribution in [0.1, 0.15) is 38.1 Å². The summed E-state index contributed by atoms with van der Waals surface area (Å²) in [5.74, 6) is 0.707. The summed E-state index contributed by atoms with van der Waals surface area (Å²) in [6.07, 6.45) is 0. The van der Waals surface area contributed by atoms with E-state index in [1.165, 1.54) is 18.2 Å². The van der Waals surface area contributed by atoms with E-state index in [4.69, 9.17) is 9.47 Å². The Morgan fingerprint density at radius 2 is 1.59 bits per heavy atom. The molecular formula is C21H28N2O5S. The van der Waals surface area contributed by atoms with Crippen molar-refractivity contribution in [1.29, 1.82) is 0 Å². The second-order valence-corrected chi connectivity index (χ2v) is 7.82. The van der Waals surface area contributed by atoms with Gasteiger partial charge in [0.15, 0.2) is 11.5 Å². The van der Waals surface area contributed by atoms with Gasteiger partial charge >= 0.3 is 0 Å². The number of nitrogens with zero attached hydrogens (tertiary/aromatic N) is 1. The zero-order valence-corrected chi connectivity index (χ0v) is 18.1. The second kappa shape index (κ2) is 10.2. The fourth-order valence-corrected chi connectivity index (χ4v) is 3.89. The first-order valence-electron chi connectivity index (χ1n) is 9.68. The molecule has 2 rings (SSSR count). The van der Waals surface area contributed by atoms with Crippen molar-refractivity contribution >= 4 is 21.6 Å². The molecule has 0 aromatic heterocycles. The third-order valence-corrected chi connectivity index (χ3v) is 5.62. The first-order valence-corrected chi connectivity index (χ1v) is 11.2. The topological polar surface area (TPSA) is 84.9 Å². The number of hydrogen-bond acceptors (Lipinski definition) is 5. The summed E-state index contributed by atoms with van der Waals surface area (Å²) in [6.45, 7) is 9.44. The molecule has 1 N–H and O–H groups in total. The number of rotatable bonds is 10. The minimum Gasteiger partial charge on any atom is -0.490 e. The highest BCUT2D eigenvalue weighted by Crippen LogP contribution is 2.31. The molecule has 0 aliphatic heterocycles. The Balaban J connectivity index is 2.31. The van der Waals surface area contributed by atoms with Crippen LogP contribution in [0, 0.1) is 0 Å². The molecule has 0 spiro atoms. The summed E-state index contributed by atoms with van der Waals surface area (Å²) in [6, 6.07) is 10.9. The van der Waals surface area contributed by atoms with Crippen molar-refractivity contribution < 1.29 is 22.7 Å². The number of carbonyl (C=O) groups excluding carboxylic acids is 1. The third kappa shape index (κ3) is 5.63. The maximum Gasteiger partial charge on any atom is 0.262 e. The number of ether oxygens (including phenoxy) is 2. The molecule has 8 heteroatoms. The van der Waals surface area contributed by atoms with Gasteiger partial charge in [-0.15, -0.1) is 0 Å². The summed E-state index contributed by atoms with van der Waals surface area (Å²) in [7, 11) is -3.87. The Hall–Kier alpha value is -2.74. The molecule has 0 aliphatic rings. The van der Waals surface area contributed by atoms with Crippen LogP contribution < -0.4 is 14.2 Å². The van der Waals surface area contributed by atoms with Gasteiger partial charge in [-0.05, 0) is 58.0 Å². The van der Waals surface area contributed by atoms with E-state index in [0.29, 0.717) is 49.1 Å². The van der Waals surface area contributed by atoms with Gasteiger partial charge < -0.3 is 14.4 Å². The Morgan fingerprint density at radius 3 is 2.21 bits per heavy atom. The molecule has 0 unspecified atom stereocenters. The van der Waals surface area contributed by atoms with Gasteiger partial charge in [-0.25, -0.2) is 8.42 Å². The van der Waals surface area contributed by atoms with Crippen molar-refractivity contribution in [1.82, 2.24) is 4.90 Å². The van der Waals surface area contributed by atoms with Gasteiger partial charge in [-0.3, -0.25) is 9.52 Å². The average molecular weight is 421 g/mol. The lowest BCUT2D eigenvalue weighted by Gasteiger charge is -2.19. The molecule has 0 fully saturated rings. The van der Waals surface area contributed by atoms with Gasteiger partial charge in [-0.1, -0.05) is 6.07 Å². The maximum atomic E-state index is 12.9. The highest BCUT2D eigenvalue weighted by molar-refractivity contribution is 7.92. The van der Waals surface area contributed by atoms with Gasteiger partial charge in [0.1, 0.15) is 0 Å². The number of nitrogens with one attached hydrogen (secondary N) is 1. The van der Waals surface area contributed by atoms with Gasteiger partial charge in [-0.2, -0.15) is 0 Å². The predicted molar refractivity (Wildman–Crippen MR) is 113 cm³/mol. The summed E-state index contributed by atoms with van der Waals surface area (Å²) in [4.78, 5) is 14.2. The minimum atomic E-state index is -3.87. The Labute approximate surface area is 172 Å². The smallest absolute Gasteiger partial charge is 0.262 e. The number of sulfonamides is 1. The molecule has 7 nitrogen and oxygen atoms in total. The van der Waals surface area contributed by atoms with E-state index in [-0.39, 0.29) is 10.8 Å². The van der Waals surface area contributed by atoms with E-state index >= 15 is 0 Å². The summed E-state index contributed by atoms with van der Waals surface area (Å²) in [5, 5.41) is 0. The molecule has 29 heavy (non-hydrogen) atoms. The Kier molecular flexibility index (Phi) is 7.90. The fourth-order valence-electron chi connectivity index (χ4n) is 2.82. The van der Waals surface area contributed by atoms with Crippen molar-refractivity contribution in [2.24, 2.45) is 0 Å². The van der Waals surface area contributed by atoms with Gasteiger partial charge in [0, 0.05) is 30.4 Å². The van der Waals surface area contributed by atoms with Crippen LogP contribution >= 0.6 is 0 Å². The summed E-state index contributed by atoms with van der Waals surface area (Å²) < 4.78 is 39.2. The van der Waals surface area contributed by atoms with E-state index in [1.54, 1.807) is 29.2 Å².